The van der Waals surface area contributed by atoms with Crippen LogP contribution in [0.25, 0.3) is 0 Å². The first-order valence-corrected chi connectivity index (χ1v) is 12.9. The molecule has 4 bridgehead atoms. The number of nitrogens with one attached hydrogen (secondary N) is 2. The molecule has 1 saturated heterocycles. The van der Waals surface area contributed by atoms with Crippen LogP contribution in [0.5, 0.6) is 0 Å². The molecular weight excluding hydrogens is 414 g/mol. The van der Waals surface area contributed by atoms with E-state index in [1.54, 1.807) is 4.90 Å². The van der Waals surface area contributed by atoms with Crippen LogP contribution in [-0.2, 0) is 16.1 Å². The number of piperidine rings is 1. The first kappa shape index (κ1) is 22.4. The lowest BCUT2D eigenvalue weighted by Gasteiger charge is -2.55. The smallest absolute Gasteiger partial charge is 0.253 e. The third-order valence-corrected chi connectivity index (χ3v) is 8.60. The van der Waals surface area contributed by atoms with Gasteiger partial charge in [-0.2, -0.15) is 0 Å². The molecule has 1 aromatic carbocycles. The van der Waals surface area contributed by atoms with Crippen LogP contribution in [0.15, 0.2) is 24.3 Å². The van der Waals surface area contributed by atoms with Gasteiger partial charge in [0, 0.05) is 37.2 Å². The highest BCUT2D eigenvalue weighted by atomic mass is 16.2. The molecule has 6 rings (SSSR count). The quantitative estimate of drug-likeness (QED) is 0.695. The van der Waals surface area contributed by atoms with Gasteiger partial charge in [0.2, 0.25) is 11.8 Å². The van der Waals surface area contributed by atoms with Gasteiger partial charge < -0.3 is 15.5 Å². The lowest BCUT2D eigenvalue weighted by Crippen LogP contribution is -2.53. The van der Waals surface area contributed by atoms with E-state index in [4.69, 9.17) is 0 Å². The van der Waals surface area contributed by atoms with Crippen LogP contribution < -0.4 is 10.6 Å². The molecule has 1 heterocycles. The van der Waals surface area contributed by atoms with E-state index < -0.39 is 0 Å². The number of amides is 3. The highest BCUT2D eigenvalue weighted by Gasteiger charge is 2.54. The SMILES string of the molecule is CCNC(=O)C1CCCN(C(=O)c2ccc(CNC(=O)C34CC5CC(CC(C5)C3)C4)cc2)C1. The molecule has 33 heavy (non-hydrogen) atoms. The summed E-state index contributed by atoms with van der Waals surface area (Å²) in [6.07, 6.45) is 8.91. The van der Waals surface area contributed by atoms with Gasteiger partial charge in [-0.05, 0) is 93.7 Å². The van der Waals surface area contributed by atoms with E-state index >= 15 is 0 Å². The molecule has 5 aliphatic rings. The Labute approximate surface area is 196 Å². The summed E-state index contributed by atoms with van der Waals surface area (Å²) < 4.78 is 0. The summed E-state index contributed by atoms with van der Waals surface area (Å²) in [5, 5.41) is 6.09. The molecule has 1 aliphatic heterocycles. The lowest BCUT2D eigenvalue weighted by molar-refractivity contribution is -0.146. The first-order chi connectivity index (χ1) is 16.0. The molecule has 5 fully saturated rings. The molecule has 6 nitrogen and oxygen atoms in total. The average molecular weight is 452 g/mol. The Morgan fingerprint density at radius 1 is 0.970 bits per heavy atom. The minimum Gasteiger partial charge on any atom is -0.356 e. The van der Waals surface area contributed by atoms with Crippen molar-refractivity contribution in [1.82, 2.24) is 15.5 Å². The predicted molar refractivity (Wildman–Crippen MR) is 126 cm³/mol. The zero-order chi connectivity index (χ0) is 23.0. The van der Waals surface area contributed by atoms with Crippen LogP contribution in [-0.4, -0.2) is 42.3 Å². The Balaban J connectivity index is 1.16. The number of benzene rings is 1. The highest BCUT2D eigenvalue weighted by Crippen LogP contribution is 2.60. The monoisotopic (exact) mass is 451 g/mol. The summed E-state index contributed by atoms with van der Waals surface area (Å²) in [5.74, 6) is 2.42. The largest absolute Gasteiger partial charge is 0.356 e. The van der Waals surface area contributed by atoms with E-state index in [2.05, 4.69) is 10.6 Å². The second-order valence-electron chi connectivity index (χ2n) is 11.1. The molecule has 6 heteroatoms. The molecule has 0 aromatic heterocycles. The zero-order valence-electron chi connectivity index (χ0n) is 19.8. The normalized spacial score (nSPS) is 32.5. The first-order valence-electron chi connectivity index (χ1n) is 12.9. The number of carbonyl (C=O) groups excluding carboxylic acids is 3. The van der Waals surface area contributed by atoms with Gasteiger partial charge >= 0.3 is 0 Å². The number of carbonyl (C=O) groups is 3. The lowest BCUT2D eigenvalue weighted by atomic mass is 9.49. The van der Waals surface area contributed by atoms with Crippen LogP contribution in [0.1, 0.15) is 74.2 Å². The third kappa shape index (κ3) is 4.53. The summed E-state index contributed by atoms with van der Waals surface area (Å²) in [7, 11) is 0. The van der Waals surface area contributed by atoms with Gasteiger partial charge in [0.1, 0.15) is 0 Å². The van der Waals surface area contributed by atoms with Crippen molar-refractivity contribution < 1.29 is 14.4 Å². The van der Waals surface area contributed by atoms with Gasteiger partial charge in [-0.15, -0.1) is 0 Å². The molecule has 4 saturated carbocycles. The van der Waals surface area contributed by atoms with Crippen molar-refractivity contribution in [1.29, 1.82) is 0 Å². The summed E-state index contributed by atoms with van der Waals surface area (Å²) in [4.78, 5) is 40.2. The molecule has 3 amide bonds. The maximum absolute atomic E-state index is 13.2. The zero-order valence-corrected chi connectivity index (χ0v) is 19.8. The Morgan fingerprint density at radius 3 is 2.21 bits per heavy atom. The van der Waals surface area contributed by atoms with Crippen LogP contribution in [0.4, 0.5) is 0 Å². The molecule has 1 aromatic rings. The van der Waals surface area contributed by atoms with Gasteiger partial charge in [-0.1, -0.05) is 12.1 Å². The highest BCUT2D eigenvalue weighted by molar-refractivity contribution is 5.94. The van der Waals surface area contributed by atoms with Crippen molar-refractivity contribution >= 4 is 17.7 Å². The van der Waals surface area contributed by atoms with Crippen LogP contribution in [0.2, 0.25) is 0 Å². The standard InChI is InChI=1S/C27H37N3O3/c1-2-28-24(31)23-4-3-9-30(17-23)25(32)22-7-5-18(6-8-22)16-29-26(33)27-13-19-10-20(14-27)12-21(11-19)15-27/h5-8,19-21,23H,2-4,9-17H2,1H3,(H,28,31)(H,29,33). The Kier molecular flexibility index (Phi) is 6.19. The van der Waals surface area contributed by atoms with E-state index in [9.17, 15) is 14.4 Å². The van der Waals surface area contributed by atoms with Gasteiger partial charge in [0.05, 0.1) is 5.92 Å². The summed E-state index contributed by atoms with van der Waals surface area (Å²) >= 11 is 0. The molecule has 0 spiro atoms. The maximum Gasteiger partial charge on any atom is 0.253 e. The minimum atomic E-state index is -0.125. The van der Waals surface area contributed by atoms with Crippen molar-refractivity contribution in [3.8, 4) is 0 Å². The molecule has 178 valence electrons. The Hall–Kier alpha value is -2.37. The van der Waals surface area contributed by atoms with Crippen molar-refractivity contribution in [2.45, 2.75) is 64.8 Å². The molecule has 1 unspecified atom stereocenters. The topological polar surface area (TPSA) is 78.5 Å². The van der Waals surface area contributed by atoms with Crippen molar-refractivity contribution in [2.75, 3.05) is 19.6 Å². The van der Waals surface area contributed by atoms with E-state index in [0.717, 1.165) is 55.4 Å². The van der Waals surface area contributed by atoms with Crippen molar-refractivity contribution in [3.05, 3.63) is 35.4 Å². The Morgan fingerprint density at radius 2 is 1.61 bits per heavy atom. The number of hydrogen-bond acceptors (Lipinski definition) is 3. The van der Waals surface area contributed by atoms with Crippen molar-refractivity contribution in [3.63, 3.8) is 0 Å². The summed E-state index contributed by atoms with van der Waals surface area (Å²) in [5.41, 5.74) is 1.53. The fourth-order valence-electron chi connectivity index (χ4n) is 7.40. The van der Waals surface area contributed by atoms with Crippen LogP contribution in [0.3, 0.4) is 0 Å². The molecule has 4 aliphatic carbocycles. The fourth-order valence-corrected chi connectivity index (χ4v) is 7.40. The van der Waals surface area contributed by atoms with E-state index in [1.807, 2.05) is 31.2 Å². The number of hydrogen-bond donors (Lipinski definition) is 2. The molecule has 0 radical (unpaired) electrons. The molecule has 2 N–H and O–H groups in total. The van der Waals surface area contributed by atoms with Crippen molar-refractivity contribution in [2.24, 2.45) is 29.1 Å². The second-order valence-corrected chi connectivity index (χ2v) is 11.1. The third-order valence-electron chi connectivity index (χ3n) is 8.60. The predicted octanol–water partition coefficient (Wildman–Crippen LogP) is 3.51. The van der Waals surface area contributed by atoms with Gasteiger partial charge in [0.25, 0.3) is 5.91 Å². The summed E-state index contributed by atoms with van der Waals surface area (Å²) in [6.45, 7) is 4.21. The number of rotatable bonds is 6. The van der Waals surface area contributed by atoms with E-state index in [1.165, 1.54) is 19.3 Å². The maximum atomic E-state index is 13.2. The second kappa shape index (κ2) is 9.11. The van der Waals surface area contributed by atoms with Crippen LogP contribution in [0, 0.1) is 29.1 Å². The van der Waals surface area contributed by atoms with Gasteiger partial charge in [0.15, 0.2) is 0 Å². The number of likely N-dealkylation sites (tertiary alicyclic amines) is 1. The summed E-state index contributed by atoms with van der Waals surface area (Å²) in [6, 6.07) is 7.59. The van der Waals surface area contributed by atoms with Crippen LogP contribution >= 0.6 is 0 Å². The van der Waals surface area contributed by atoms with E-state index in [0.29, 0.717) is 31.7 Å². The van der Waals surface area contributed by atoms with Gasteiger partial charge in [-0.3, -0.25) is 14.4 Å². The molecular formula is C27H37N3O3. The average Bonchev–Trinajstić information content (AvgIpc) is 2.82. The van der Waals surface area contributed by atoms with Gasteiger partial charge in [-0.25, -0.2) is 0 Å². The molecule has 1 atom stereocenters. The fraction of sp³-hybridized carbons (Fsp3) is 0.667. The van der Waals surface area contributed by atoms with E-state index in [-0.39, 0.29) is 29.1 Å². The number of nitrogens with zero attached hydrogens (tertiary/aromatic N) is 1. The Bertz CT molecular complexity index is 874. The minimum absolute atomic E-state index is 0.0202.